The number of rotatable bonds is 1. The Morgan fingerprint density at radius 2 is 2.07 bits per heavy atom. The molecule has 2 nitrogen and oxygen atoms in total. The van der Waals surface area contributed by atoms with Crippen LogP contribution in [0.25, 0.3) is 10.1 Å². The zero-order valence-electron chi connectivity index (χ0n) is 7.49. The highest BCUT2D eigenvalue weighted by Crippen LogP contribution is 2.23. The van der Waals surface area contributed by atoms with Gasteiger partial charge in [-0.2, -0.15) is 4.39 Å². The summed E-state index contributed by atoms with van der Waals surface area (Å²) in [6, 6.07) is 5.36. The Labute approximate surface area is 84.8 Å². The minimum absolute atomic E-state index is 0.0231. The molecule has 0 fully saturated rings. The molecule has 0 saturated carbocycles. The minimum atomic E-state index is -1.74. The number of halogens is 1. The van der Waals surface area contributed by atoms with Gasteiger partial charge >= 0.3 is 7.12 Å². The van der Waals surface area contributed by atoms with Crippen molar-refractivity contribution in [1.29, 1.82) is 0 Å². The van der Waals surface area contributed by atoms with Crippen LogP contribution in [0.15, 0.2) is 18.2 Å². The monoisotopic (exact) mass is 210 g/mol. The molecule has 5 heteroatoms. The van der Waals surface area contributed by atoms with Crippen molar-refractivity contribution in [3.8, 4) is 0 Å². The van der Waals surface area contributed by atoms with Gasteiger partial charge in [-0.15, -0.1) is 11.3 Å². The van der Waals surface area contributed by atoms with Crippen LogP contribution in [-0.2, 0) is 0 Å². The third-order valence-electron chi connectivity index (χ3n) is 2.10. The van der Waals surface area contributed by atoms with Gasteiger partial charge in [-0.1, -0.05) is 12.1 Å². The Bertz CT molecular complexity index is 481. The molecular formula is C9H8BFO2S. The molecule has 2 N–H and O–H groups in total. The van der Waals surface area contributed by atoms with E-state index in [2.05, 4.69) is 0 Å². The summed E-state index contributed by atoms with van der Waals surface area (Å²) < 4.78 is 14.0. The summed E-state index contributed by atoms with van der Waals surface area (Å²) in [5.74, 6) is 0. The van der Waals surface area contributed by atoms with E-state index in [1.54, 1.807) is 6.07 Å². The van der Waals surface area contributed by atoms with Gasteiger partial charge in [0.15, 0.2) is 5.13 Å². The Balaban J connectivity index is 2.77. The number of hydrogen-bond acceptors (Lipinski definition) is 3. The molecule has 0 amide bonds. The van der Waals surface area contributed by atoms with Crippen molar-refractivity contribution in [3.05, 3.63) is 28.9 Å². The van der Waals surface area contributed by atoms with Crippen molar-refractivity contribution < 1.29 is 14.4 Å². The average Bonchev–Trinajstić information content (AvgIpc) is 2.39. The summed E-state index contributed by atoms with van der Waals surface area (Å²) in [6.45, 7) is 1.91. The molecule has 0 spiro atoms. The molecule has 0 atom stereocenters. The molecule has 0 bridgehead atoms. The molecule has 0 aliphatic carbocycles. The maximum atomic E-state index is 13.3. The Hall–Kier alpha value is -0.905. The van der Waals surface area contributed by atoms with E-state index in [1.165, 1.54) is 0 Å². The van der Waals surface area contributed by atoms with Crippen molar-refractivity contribution in [1.82, 2.24) is 0 Å². The normalized spacial score (nSPS) is 10.9. The van der Waals surface area contributed by atoms with Gasteiger partial charge in [0, 0.05) is 10.2 Å². The van der Waals surface area contributed by atoms with Crippen LogP contribution in [0.5, 0.6) is 0 Å². The predicted molar refractivity (Wildman–Crippen MR) is 56.3 cm³/mol. The Morgan fingerprint density at radius 3 is 2.71 bits per heavy atom. The topological polar surface area (TPSA) is 40.5 Å². The smallest absolute Gasteiger partial charge is 0.423 e. The van der Waals surface area contributed by atoms with Gasteiger partial charge in [0.05, 0.1) is 0 Å². The number of aryl methyl sites for hydroxylation is 1. The first kappa shape index (κ1) is 9.64. The van der Waals surface area contributed by atoms with Gasteiger partial charge in [0.2, 0.25) is 0 Å². The van der Waals surface area contributed by atoms with Crippen molar-refractivity contribution in [2.75, 3.05) is 0 Å². The Morgan fingerprint density at radius 1 is 1.36 bits per heavy atom. The highest BCUT2D eigenvalue weighted by Gasteiger charge is 2.22. The van der Waals surface area contributed by atoms with Crippen LogP contribution in [0, 0.1) is 12.1 Å². The Kier molecular flexibility index (Phi) is 2.30. The minimum Gasteiger partial charge on any atom is -0.423 e. The number of benzene rings is 1. The zero-order chi connectivity index (χ0) is 10.3. The van der Waals surface area contributed by atoms with Gasteiger partial charge in [-0.25, -0.2) is 0 Å². The SMILES string of the molecule is Cc1ccc2c(B(O)O)c(F)sc2c1. The van der Waals surface area contributed by atoms with Crippen LogP contribution in [0.4, 0.5) is 4.39 Å². The van der Waals surface area contributed by atoms with Crippen LogP contribution in [0.3, 0.4) is 0 Å². The third kappa shape index (κ3) is 1.43. The van der Waals surface area contributed by atoms with Gasteiger partial charge in [-0.3, -0.25) is 0 Å². The van der Waals surface area contributed by atoms with E-state index in [0.29, 0.717) is 5.39 Å². The summed E-state index contributed by atoms with van der Waals surface area (Å²) >= 11 is 0.935. The summed E-state index contributed by atoms with van der Waals surface area (Å²) in [5, 5.41) is 18.0. The van der Waals surface area contributed by atoms with Crippen molar-refractivity contribution in [3.63, 3.8) is 0 Å². The highest BCUT2D eigenvalue weighted by atomic mass is 32.1. The standard InChI is InChI=1S/C9H8BFO2S/c1-5-2-3-6-7(4-5)14-9(11)8(6)10(12)13/h2-4,12-13H,1H3. The molecule has 1 aromatic heterocycles. The molecular weight excluding hydrogens is 202 g/mol. The fourth-order valence-electron chi connectivity index (χ4n) is 1.43. The zero-order valence-corrected chi connectivity index (χ0v) is 8.31. The first-order chi connectivity index (χ1) is 6.59. The maximum Gasteiger partial charge on any atom is 0.493 e. The fourth-order valence-corrected chi connectivity index (χ4v) is 2.49. The first-order valence-electron chi connectivity index (χ1n) is 4.14. The van der Waals surface area contributed by atoms with E-state index >= 15 is 0 Å². The van der Waals surface area contributed by atoms with Crippen molar-refractivity contribution in [2.24, 2.45) is 0 Å². The first-order valence-corrected chi connectivity index (χ1v) is 4.96. The molecule has 72 valence electrons. The summed E-state index contributed by atoms with van der Waals surface area (Å²) in [6.07, 6.45) is 0. The van der Waals surface area contributed by atoms with E-state index in [9.17, 15) is 4.39 Å². The molecule has 2 rings (SSSR count). The largest absolute Gasteiger partial charge is 0.493 e. The maximum absolute atomic E-state index is 13.3. The lowest BCUT2D eigenvalue weighted by atomic mass is 9.80. The van der Waals surface area contributed by atoms with Crippen LogP contribution in [0.1, 0.15) is 5.56 Å². The summed E-state index contributed by atoms with van der Waals surface area (Å²) in [5.41, 5.74) is 1.00. The number of fused-ring (bicyclic) bond motifs is 1. The van der Waals surface area contributed by atoms with E-state index < -0.39 is 12.2 Å². The molecule has 2 aromatic rings. The molecule has 14 heavy (non-hydrogen) atoms. The lowest BCUT2D eigenvalue weighted by Gasteiger charge is -1.97. The lowest BCUT2D eigenvalue weighted by molar-refractivity contribution is 0.424. The molecule has 0 radical (unpaired) electrons. The highest BCUT2D eigenvalue weighted by molar-refractivity contribution is 7.19. The number of hydrogen-bond donors (Lipinski definition) is 2. The second-order valence-electron chi connectivity index (χ2n) is 3.16. The van der Waals surface area contributed by atoms with Crippen LogP contribution >= 0.6 is 11.3 Å². The molecule has 0 aliphatic rings. The van der Waals surface area contributed by atoms with Crippen LogP contribution in [-0.4, -0.2) is 17.2 Å². The van der Waals surface area contributed by atoms with E-state index in [0.717, 1.165) is 21.6 Å². The van der Waals surface area contributed by atoms with E-state index in [-0.39, 0.29) is 5.46 Å². The molecule has 0 saturated heterocycles. The van der Waals surface area contributed by atoms with Crippen LogP contribution < -0.4 is 5.46 Å². The quantitative estimate of drug-likeness (QED) is 0.690. The van der Waals surface area contributed by atoms with E-state index in [4.69, 9.17) is 10.0 Å². The van der Waals surface area contributed by atoms with Gasteiger partial charge in [0.1, 0.15) is 0 Å². The third-order valence-corrected chi connectivity index (χ3v) is 3.05. The van der Waals surface area contributed by atoms with Crippen molar-refractivity contribution >= 4 is 34.0 Å². The van der Waals surface area contributed by atoms with E-state index in [1.807, 2.05) is 19.1 Å². The fraction of sp³-hybridized carbons (Fsp3) is 0.111. The number of thiophene rings is 1. The summed E-state index contributed by atoms with van der Waals surface area (Å²) in [4.78, 5) is 0. The summed E-state index contributed by atoms with van der Waals surface area (Å²) in [7, 11) is -1.74. The average molecular weight is 210 g/mol. The molecule has 0 unspecified atom stereocenters. The molecule has 1 aromatic carbocycles. The van der Waals surface area contributed by atoms with Crippen LogP contribution in [0.2, 0.25) is 0 Å². The molecule has 1 heterocycles. The van der Waals surface area contributed by atoms with Crippen molar-refractivity contribution in [2.45, 2.75) is 6.92 Å². The van der Waals surface area contributed by atoms with Gasteiger partial charge in [-0.05, 0) is 23.9 Å². The molecule has 0 aliphatic heterocycles. The van der Waals surface area contributed by atoms with Gasteiger partial charge < -0.3 is 10.0 Å². The van der Waals surface area contributed by atoms with Gasteiger partial charge in [0.25, 0.3) is 0 Å². The second-order valence-corrected chi connectivity index (χ2v) is 4.17. The lowest BCUT2D eigenvalue weighted by Crippen LogP contribution is -2.31. The second kappa shape index (κ2) is 3.35. The predicted octanol–water partition coefficient (Wildman–Crippen LogP) is 1.03.